The molecule has 0 radical (unpaired) electrons. The van der Waals surface area contributed by atoms with Gasteiger partial charge in [-0.1, -0.05) is 24.6 Å². The molecular formula is C18H30N2O. The summed E-state index contributed by atoms with van der Waals surface area (Å²) in [6.07, 6.45) is 6.39. The van der Waals surface area contributed by atoms with Gasteiger partial charge in [0.1, 0.15) is 5.75 Å². The van der Waals surface area contributed by atoms with Gasteiger partial charge in [-0.2, -0.15) is 0 Å². The smallest absolute Gasteiger partial charge is 0.122 e. The number of hydrogen-bond acceptors (Lipinski definition) is 3. The van der Waals surface area contributed by atoms with Gasteiger partial charge in [0.25, 0.3) is 0 Å². The van der Waals surface area contributed by atoms with Gasteiger partial charge in [-0.25, -0.2) is 0 Å². The Morgan fingerprint density at radius 1 is 1.33 bits per heavy atom. The molecule has 0 aromatic heterocycles. The lowest BCUT2D eigenvalue weighted by atomic mass is 9.95. The number of benzene rings is 1. The van der Waals surface area contributed by atoms with E-state index in [-0.39, 0.29) is 0 Å². The molecule has 1 fully saturated rings. The second kappa shape index (κ2) is 8.40. The largest absolute Gasteiger partial charge is 0.496 e. The number of para-hydroxylation sites is 1. The van der Waals surface area contributed by atoms with E-state index in [4.69, 9.17) is 4.74 Å². The second-order valence-electron chi connectivity index (χ2n) is 6.14. The average Bonchev–Trinajstić information content (AvgIpc) is 2.53. The summed E-state index contributed by atoms with van der Waals surface area (Å²) in [6, 6.07) is 9.72. The van der Waals surface area contributed by atoms with E-state index in [2.05, 4.69) is 35.3 Å². The Balaban J connectivity index is 2.01. The Labute approximate surface area is 129 Å². The minimum atomic E-state index is 0.573. The van der Waals surface area contributed by atoms with Crippen LogP contribution in [0.25, 0.3) is 0 Å². The van der Waals surface area contributed by atoms with Crippen LogP contribution in [-0.4, -0.2) is 44.2 Å². The van der Waals surface area contributed by atoms with Gasteiger partial charge in [0.05, 0.1) is 7.11 Å². The fourth-order valence-electron chi connectivity index (χ4n) is 3.53. The number of ether oxygens (including phenoxy) is 1. The zero-order chi connectivity index (χ0) is 15.1. The van der Waals surface area contributed by atoms with Crippen LogP contribution in [-0.2, 0) is 6.42 Å². The standard InChI is InChI=1S/C18H30N2O/c1-15(14-16-8-4-5-10-18(16)21-3)20-13-7-6-9-17(20)11-12-19-2/h4-5,8,10,15,17,19H,6-7,9,11-14H2,1-3H3. The number of hydrogen-bond donors (Lipinski definition) is 1. The summed E-state index contributed by atoms with van der Waals surface area (Å²) >= 11 is 0. The van der Waals surface area contributed by atoms with Gasteiger partial charge in [-0.15, -0.1) is 0 Å². The van der Waals surface area contributed by atoms with Crippen LogP contribution in [0.3, 0.4) is 0 Å². The summed E-state index contributed by atoms with van der Waals surface area (Å²) in [5, 5.41) is 3.30. The molecule has 0 amide bonds. The Kier molecular flexibility index (Phi) is 6.52. The molecule has 1 aromatic rings. The molecule has 0 saturated carbocycles. The first kappa shape index (κ1) is 16.3. The molecule has 0 bridgehead atoms. The van der Waals surface area contributed by atoms with Crippen molar-refractivity contribution in [1.29, 1.82) is 0 Å². The van der Waals surface area contributed by atoms with E-state index in [1.807, 2.05) is 13.1 Å². The number of nitrogens with one attached hydrogen (secondary N) is 1. The van der Waals surface area contributed by atoms with Crippen LogP contribution in [0.5, 0.6) is 5.75 Å². The number of rotatable bonds is 7. The molecule has 3 heteroatoms. The Morgan fingerprint density at radius 2 is 2.14 bits per heavy atom. The number of likely N-dealkylation sites (tertiary alicyclic amines) is 1. The van der Waals surface area contributed by atoms with Gasteiger partial charge < -0.3 is 10.1 Å². The molecule has 2 unspecified atom stereocenters. The summed E-state index contributed by atoms with van der Waals surface area (Å²) in [4.78, 5) is 2.72. The SMILES string of the molecule is CNCCC1CCCCN1C(C)Cc1ccccc1OC. The fourth-order valence-corrected chi connectivity index (χ4v) is 3.53. The number of piperidine rings is 1. The molecule has 1 aliphatic rings. The van der Waals surface area contributed by atoms with Gasteiger partial charge >= 0.3 is 0 Å². The van der Waals surface area contributed by atoms with Crippen molar-refractivity contribution in [1.82, 2.24) is 10.2 Å². The van der Waals surface area contributed by atoms with Crippen LogP contribution in [0.2, 0.25) is 0 Å². The minimum absolute atomic E-state index is 0.573. The van der Waals surface area contributed by atoms with Crippen molar-refractivity contribution in [2.75, 3.05) is 27.2 Å². The zero-order valence-corrected chi connectivity index (χ0v) is 13.8. The number of nitrogens with zero attached hydrogens (tertiary/aromatic N) is 1. The predicted octanol–water partition coefficient (Wildman–Crippen LogP) is 3.09. The Bertz CT molecular complexity index is 421. The molecule has 2 atom stereocenters. The van der Waals surface area contributed by atoms with Gasteiger partial charge in [0.2, 0.25) is 0 Å². The van der Waals surface area contributed by atoms with E-state index in [0.29, 0.717) is 6.04 Å². The molecule has 1 saturated heterocycles. The van der Waals surface area contributed by atoms with Gasteiger partial charge in [0, 0.05) is 12.1 Å². The van der Waals surface area contributed by atoms with Crippen molar-refractivity contribution in [3.63, 3.8) is 0 Å². The third kappa shape index (κ3) is 4.45. The van der Waals surface area contributed by atoms with Crippen LogP contribution in [0.4, 0.5) is 0 Å². The molecule has 2 rings (SSSR count). The van der Waals surface area contributed by atoms with Crippen molar-refractivity contribution < 1.29 is 4.74 Å². The highest BCUT2D eigenvalue weighted by Crippen LogP contribution is 2.26. The van der Waals surface area contributed by atoms with Gasteiger partial charge in [-0.05, 0) is 64.4 Å². The van der Waals surface area contributed by atoms with Crippen LogP contribution < -0.4 is 10.1 Å². The quantitative estimate of drug-likeness (QED) is 0.835. The first-order valence-electron chi connectivity index (χ1n) is 8.28. The van der Waals surface area contributed by atoms with Crippen molar-refractivity contribution in [3.05, 3.63) is 29.8 Å². The highest BCUT2D eigenvalue weighted by atomic mass is 16.5. The number of methoxy groups -OCH3 is 1. The van der Waals surface area contributed by atoms with E-state index in [1.54, 1.807) is 7.11 Å². The Morgan fingerprint density at radius 3 is 2.90 bits per heavy atom. The lowest BCUT2D eigenvalue weighted by Crippen LogP contribution is -2.46. The Hall–Kier alpha value is -1.06. The monoisotopic (exact) mass is 290 g/mol. The normalized spacial score (nSPS) is 21.2. The molecule has 118 valence electrons. The third-order valence-electron chi connectivity index (χ3n) is 4.67. The maximum atomic E-state index is 5.50. The molecular weight excluding hydrogens is 260 g/mol. The van der Waals surface area contributed by atoms with E-state index in [0.717, 1.165) is 24.8 Å². The van der Waals surface area contributed by atoms with E-state index in [9.17, 15) is 0 Å². The average molecular weight is 290 g/mol. The van der Waals surface area contributed by atoms with Crippen LogP contribution in [0.15, 0.2) is 24.3 Å². The van der Waals surface area contributed by atoms with Crippen molar-refractivity contribution >= 4 is 0 Å². The highest BCUT2D eigenvalue weighted by molar-refractivity contribution is 5.33. The molecule has 1 N–H and O–H groups in total. The van der Waals surface area contributed by atoms with E-state index < -0.39 is 0 Å². The highest BCUT2D eigenvalue weighted by Gasteiger charge is 2.26. The fraction of sp³-hybridized carbons (Fsp3) is 0.667. The van der Waals surface area contributed by atoms with Crippen LogP contribution >= 0.6 is 0 Å². The second-order valence-corrected chi connectivity index (χ2v) is 6.14. The molecule has 1 aromatic carbocycles. The first-order valence-corrected chi connectivity index (χ1v) is 8.28. The predicted molar refractivity (Wildman–Crippen MR) is 89.0 cm³/mol. The molecule has 1 heterocycles. The summed E-state index contributed by atoms with van der Waals surface area (Å²) < 4.78 is 5.50. The summed E-state index contributed by atoms with van der Waals surface area (Å²) in [7, 11) is 3.81. The molecule has 1 aliphatic heterocycles. The lowest BCUT2D eigenvalue weighted by molar-refractivity contribution is 0.0967. The van der Waals surface area contributed by atoms with Crippen molar-refractivity contribution in [2.45, 2.75) is 51.1 Å². The first-order chi connectivity index (χ1) is 10.3. The molecule has 3 nitrogen and oxygen atoms in total. The van der Waals surface area contributed by atoms with Crippen LogP contribution in [0.1, 0.15) is 38.2 Å². The van der Waals surface area contributed by atoms with E-state index >= 15 is 0 Å². The maximum absolute atomic E-state index is 5.50. The summed E-state index contributed by atoms with van der Waals surface area (Å²) in [6.45, 7) is 4.72. The van der Waals surface area contributed by atoms with Gasteiger partial charge in [0.15, 0.2) is 0 Å². The summed E-state index contributed by atoms with van der Waals surface area (Å²) in [5.74, 6) is 1.02. The molecule has 0 spiro atoms. The minimum Gasteiger partial charge on any atom is -0.496 e. The molecule has 0 aliphatic carbocycles. The van der Waals surface area contributed by atoms with E-state index in [1.165, 1.54) is 37.8 Å². The van der Waals surface area contributed by atoms with Crippen LogP contribution in [0, 0.1) is 0 Å². The van der Waals surface area contributed by atoms with Crippen molar-refractivity contribution in [2.24, 2.45) is 0 Å². The topological polar surface area (TPSA) is 24.5 Å². The van der Waals surface area contributed by atoms with Crippen molar-refractivity contribution in [3.8, 4) is 5.75 Å². The maximum Gasteiger partial charge on any atom is 0.122 e. The zero-order valence-electron chi connectivity index (χ0n) is 13.8. The third-order valence-corrected chi connectivity index (χ3v) is 4.67. The molecule has 21 heavy (non-hydrogen) atoms. The van der Waals surface area contributed by atoms with Gasteiger partial charge in [-0.3, -0.25) is 4.90 Å². The summed E-state index contributed by atoms with van der Waals surface area (Å²) in [5.41, 5.74) is 1.32. The lowest BCUT2D eigenvalue weighted by Gasteiger charge is -2.40.